The van der Waals surface area contributed by atoms with Gasteiger partial charge in [-0.05, 0) is 37.5 Å². The fraction of sp³-hybridized carbons (Fsp3) is 0.368. The summed E-state index contributed by atoms with van der Waals surface area (Å²) in [5, 5.41) is 0. The summed E-state index contributed by atoms with van der Waals surface area (Å²) in [6, 6.07) is 17.1. The molecule has 0 bridgehead atoms. The standard InChI is InChI=1S/C19H23NO3S/c1-16-8-10-18(11-9-16)24(21,22)20-13-5-15-23-19(12-14-20)17-6-3-2-4-7-17/h2-4,6-11,19H,5,12-15H2,1H3/t19-/m1/s1. The Bertz CT molecular complexity index is 757. The first-order valence-corrected chi connectivity index (χ1v) is 9.75. The first-order chi connectivity index (χ1) is 11.6. The Labute approximate surface area is 144 Å². The second kappa shape index (κ2) is 7.47. The lowest BCUT2D eigenvalue weighted by Gasteiger charge is -2.28. The van der Waals surface area contributed by atoms with Crippen LogP contribution in [0.15, 0.2) is 59.5 Å². The third-order valence-electron chi connectivity index (χ3n) is 4.34. The lowest BCUT2D eigenvalue weighted by molar-refractivity contribution is 0.0287. The van der Waals surface area contributed by atoms with Crippen molar-refractivity contribution >= 4 is 10.0 Å². The first-order valence-electron chi connectivity index (χ1n) is 8.31. The number of hydrogen-bond donors (Lipinski definition) is 0. The van der Waals surface area contributed by atoms with Gasteiger partial charge in [-0.3, -0.25) is 0 Å². The number of benzene rings is 2. The maximum Gasteiger partial charge on any atom is 0.243 e. The van der Waals surface area contributed by atoms with E-state index in [1.54, 1.807) is 16.4 Å². The minimum absolute atomic E-state index is 0.0535. The molecule has 0 unspecified atom stereocenters. The average molecular weight is 345 g/mol. The molecule has 0 N–H and O–H groups in total. The van der Waals surface area contributed by atoms with E-state index < -0.39 is 10.0 Å². The molecular weight excluding hydrogens is 322 g/mol. The Morgan fingerprint density at radius 3 is 2.42 bits per heavy atom. The zero-order valence-electron chi connectivity index (χ0n) is 13.9. The Hall–Kier alpha value is -1.69. The van der Waals surface area contributed by atoms with Gasteiger partial charge in [-0.2, -0.15) is 4.31 Å². The van der Waals surface area contributed by atoms with Crippen LogP contribution in [-0.2, 0) is 14.8 Å². The monoisotopic (exact) mass is 345 g/mol. The molecule has 0 aliphatic carbocycles. The van der Waals surface area contributed by atoms with Crippen LogP contribution in [0.2, 0.25) is 0 Å². The maximum absolute atomic E-state index is 12.9. The Kier molecular flexibility index (Phi) is 5.33. The predicted molar refractivity (Wildman–Crippen MR) is 94.3 cm³/mol. The molecule has 128 valence electrons. The molecule has 0 aromatic heterocycles. The van der Waals surface area contributed by atoms with Gasteiger partial charge in [-0.1, -0.05) is 48.0 Å². The molecule has 2 aromatic carbocycles. The van der Waals surface area contributed by atoms with Crippen LogP contribution < -0.4 is 0 Å². The molecule has 5 heteroatoms. The molecule has 1 atom stereocenters. The van der Waals surface area contributed by atoms with Crippen molar-refractivity contribution in [3.8, 4) is 0 Å². The molecule has 4 nitrogen and oxygen atoms in total. The van der Waals surface area contributed by atoms with Gasteiger partial charge in [0.15, 0.2) is 0 Å². The largest absolute Gasteiger partial charge is 0.373 e. The molecule has 1 saturated heterocycles. The second-order valence-corrected chi connectivity index (χ2v) is 8.07. The molecular formula is C19H23NO3S. The molecule has 1 aliphatic heterocycles. The topological polar surface area (TPSA) is 46.6 Å². The lowest BCUT2D eigenvalue weighted by atomic mass is 10.1. The first kappa shape index (κ1) is 17.1. The van der Waals surface area contributed by atoms with Gasteiger partial charge in [-0.15, -0.1) is 0 Å². The summed E-state index contributed by atoms with van der Waals surface area (Å²) in [7, 11) is -3.45. The molecule has 0 spiro atoms. The number of aryl methyl sites for hydroxylation is 1. The molecule has 0 saturated carbocycles. The number of ether oxygens (including phenoxy) is 1. The third-order valence-corrected chi connectivity index (χ3v) is 6.25. The van der Waals surface area contributed by atoms with Gasteiger partial charge >= 0.3 is 0 Å². The summed E-state index contributed by atoms with van der Waals surface area (Å²) in [5.41, 5.74) is 2.16. The summed E-state index contributed by atoms with van der Waals surface area (Å²) in [6.07, 6.45) is 1.31. The van der Waals surface area contributed by atoms with Crippen molar-refractivity contribution in [3.05, 3.63) is 65.7 Å². The molecule has 1 heterocycles. The van der Waals surface area contributed by atoms with E-state index in [0.29, 0.717) is 37.4 Å². The maximum atomic E-state index is 12.9. The normalized spacial score (nSPS) is 20.3. The highest BCUT2D eigenvalue weighted by Crippen LogP contribution is 2.26. The van der Waals surface area contributed by atoms with E-state index in [4.69, 9.17) is 4.74 Å². The number of sulfonamides is 1. The van der Waals surface area contributed by atoms with Gasteiger partial charge in [0.1, 0.15) is 0 Å². The van der Waals surface area contributed by atoms with Crippen LogP contribution in [-0.4, -0.2) is 32.4 Å². The molecule has 2 aromatic rings. The van der Waals surface area contributed by atoms with Gasteiger partial charge in [0.05, 0.1) is 11.0 Å². The van der Waals surface area contributed by atoms with Gasteiger partial charge in [0, 0.05) is 19.7 Å². The smallest absolute Gasteiger partial charge is 0.243 e. The van der Waals surface area contributed by atoms with Gasteiger partial charge in [0.25, 0.3) is 0 Å². The van der Waals surface area contributed by atoms with Crippen LogP contribution in [0.5, 0.6) is 0 Å². The second-order valence-electron chi connectivity index (χ2n) is 6.13. The summed E-state index contributed by atoms with van der Waals surface area (Å²) in [5.74, 6) is 0. The van der Waals surface area contributed by atoms with E-state index in [-0.39, 0.29) is 6.10 Å². The molecule has 1 fully saturated rings. The Balaban J connectivity index is 1.77. The highest BCUT2D eigenvalue weighted by atomic mass is 32.2. The van der Waals surface area contributed by atoms with E-state index in [2.05, 4.69) is 0 Å². The fourth-order valence-electron chi connectivity index (χ4n) is 2.95. The molecule has 0 radical (unpaired) electrons. The van der Waals surface area contributed by atoms with E-state index in [0.717, 1.165) is 11.1 Å². The molecule has 3 rings (SSSR count). The van der Waals surface area contributed by atoms with E-state index in [1.807, 2.05) is 49.4 Å². The number of rotatable bonds is 3. The van der Waals surface area contributed by atoms with E-state index in [1.165, 1.54) is 0 Å². The predicted octanol–water partition coefficient (Wildman–Crippen LogP) is 3.54. The third kappa shape index (κ3) is 3.86. The van der Waals surface area contributed by atoms with E-state index >= 15 is 0 Å². The SMILES string of the molecule is Cc1ccc(S(=O)(=O)N2CCCO[C@@H](c3ccccc3)CC2)cc1. The number of hydrogen-bond acceptors (Lipinski definition) is 3. The van der Waals surface area contributed by atoms with Crippen molar-refractivity contribution in [2.24, 2.45) is 0 Å². The highest BCUT2D eigenvalue weighted by Gasteiger charge is 2.27. The fourth-order valence-corrected chi connectivity index (χ4v) is 4.45. The van der Waals surface area contributed by atoms with Crippen molar-refractivity contribution in [1.82, 2.24) is 4.31 Å². The van der Waals surface area contributed by atoms with E-state index in [9.17, 15) is 8.42 Å². The minimum atomic E-state index is -3.45. The molecule has 0 amide bonds. The summed E-state index contributed by atoms with van der Waals surface area (Å²) < 4.78 is 33.3. The Morgan fingerprint density at radius 1 is 1.00 bits per heavy atom. The van der Waals surface area contributed by atoms with Gasteiger partial charge in [0.2, 0.25) is 10.0 Å². The van der Waals surface area contributed by atoms with Gasteiger partial charge < -0.3 is 4.74 Å². The summed E-state index contributed by atoms with van der Waals surface area (Å²) in [6.45, 7) is 3.49. The molecule has 1 aliphatic rings. The lowest BCUT2D eigenvalue weighted by Crippen LogP contribution is -2.36. The zero-order valence-corrected chi connectivity index (χ0v) is 14.7. The van der Waals surface area contributed by atoms with Crippen molar-refractivity contribution < 1.29 is 13.2 Å². The van der Waals surface area contributed by atoms with Crippen LogP contribution in [0.1, 0.15) is 30.1 Å². The summed E-state index contributed by atoms with van der Waals surface area (Å²) in [4.78, 5) is 0.367. The van der Waals surface area contributed by atoms with Gasteiger partial charge in [-0.25, -0.2) is 8.42 Å². The average Bonchev–Trinajstić information content (AvgIpc) is 2.56. The quantitative estimate of drug-likeness (QED) is 0.855. The van der Waals surface area contributed by atoms with Crippen molar-refractivity contribution in [2.75, 3.05) is 19.7 Å². The summed E-state index contributed by atoms with van der Waals surface area (Å²) >= 11 is 0. The minimum Gasteiger partial charge on any atom is -0.373 e. The van der Waals surface area contributed by atoms with Crippen LogP contribution in [0.4, 0.5) is 0 Å². The molecule has 24 heavy (non-hydrogen) atoms. The Morgan fingerprint density at radius 2 is 1.71 bits per heavy atom. The van der Waals surface area contributed by atoms with Crippen LogP contribution in [0.25, 0.3) is 0 Å². The van der Waals surface area contributed by atoms with Crippen LogP contribution in [0, 0.1) is 6.92 Å². The van der Waals surface area contributed by atoms with Crippen LogP contribution in [0.3, 0.4) is 0 Å². The number of nitrogens with zero attached hydrogens (tertiary/aromatic N) is 1. The van der Waals surface area contributed by atoms with Crippen molar-refractivity contribution in [1.29, 1.82) is 0 Å². The van der Waals surface area contributed by atoms with Crippen molar-refractivity contribution in [2.45, 2.75) is 30.8 Å². The zero-order chi connectivity index (χ0) is 17.0. The highest BCUT2D eigenvalue weighted by molar-refractivity contribution is 7.89. The van der Waals surface area contributed by atoms with Crippen LogP contribution >= 0.6 is 0 Å². The van der Waals surface area contributed by atoms with Crippen molar-refractivity contribution in [3.63, 3.8) is 0 Å².